The molecule has 1 heterocycles. The smallest absolute Gasteiger partial charge is 0.191 e. The molecule has 6 nitrogen and oxygen atoms in total. The van der Waals surface area contributed by atoms with Gasteiger partial charge >= 0.3 is 0 Å². The summed E-state index contributed by atoms with van der Waals surface area (Å²) in [6.45, 7) is 10.1. The molecule has 0 bridgehead atoms. The van der Waals surface area contributed by atoms with Crippen molar-refractivity contribution in [1.82, 2.24) is 10.6 Å². The second kappa shape index (κ2) is 10.6. The van der Waals surface area contributed by atoms with Crippen LogP contribution in [0, 0.1) is 11.3 Å². The van der Waals surface area contributed by atoms with Crippen LogP contribution in [0.4, 0.5) is 0 Å². The first-order chi connectivity index (χ1) is 13.3. The van der Waals surface area contributed by atoms with Gasteiger partial charge in [0.15, 0.2) is 5.96 Å². The van der Waals surface area contributed by atoms with Crippen molar-refractivity contribution in [2.75, 3.05) is 46.1 Å². The molecular formula is C21H39N3O3. The molecule has 0 aromatic rings. The van der Waals surface area contributed by atoms with Gasteiger partial charge in [-0.05, 0) is 46.0 Å². The largest absolute Gasteiger partial charge is 0.381 e. The van der Waals surface area contributed by atoms with Gasteiger partial charge in [-0.2, -0.15) is 0 Å². The first-order valence-electron chi connectivity index (χ1n) is 11.1. The van der Waals surface area contributed by atoms with Crippen molar-refractivity contribution >= 4 is 5.96 Å². The number of rotatable bonds is 10. The van der Waals surface area contributed by atoms with Crippen LogP contribution in [0.3, 0.4) is 0 Å². The van der Waals surface area contributed by atoms with Gasteiger partial charge in [0.05, 0.1) is 19.3 Å². The van der Waals surface area contributed by atoms with E-state index in [-0.39, 0.29) is 0 Å². The summed E-state index contributed by atoms with van der Waals surface area (Å²) in [5.74, 6) is 1.54. The number of hydrogen-bond acceptors (Lipinski definition) is 4. The third-order valence-electron chi connectivity index (χ3n) is 6.44. The SMILES string of the molecule is CCNC(=NCCCOCC1CCOC1)NC1CC(OCC)C12CCCC2. The van der Waals surface area contributed by atoms with Gasteiger partial charge in [-0.1, -0.05) is 12.8 Å². The minimum absolute atomic E-state index is 0.332. The zero-order chi connectivity index (χ0) is 19.0. The van der Waals surface area contributed by atoms with Crippen molar-refractivity contribution in [3.63, 3.8) is 0 Å². The van der Waals surface area contributed by atoms with Gasteiger partial charge in [0.25, 0.3) is 0 Å². The van der Waals surface area contributed by atoms with Crippen LogP contribution in [-0.2, 0) is 14.2 Å². The number of guanidine groups is 1. The van der Waals surface area contributed by atoms with Crippen molar-refractivity contribution in [3.8, 4) is 0 Å². The molecule has 1 spiro atoms. The van der Waals surface area contributed by atoms with E-state index in [4.69, 9.17) is 19.2 Å². The first kappa shape index (κ1) is 20.9. The highest BCUT2D eigenvalue weighted by Gasteiger charge is 2.56. The molecule has 27 heavy (non-hydrogen) atoms. The summed E-state index contributed by atoms with van der Waals surface area (Å²) in [6.07, 6.45) is 8.86. The lowest BCUT2D eigenvalue weighted by Crippen LogP contribution is -2.65. The Labute approximate surface area is 164 Å². The zero-order valence-corrected chi connectivity index (χ0v) is 17.3. The number of hydrogen-bond donors (Lipinski definition) is 2. The summed E-state index contributed by atoms with van der Waals surface area (Å²) in [5.41, 5.74) is 0.332. The fourth-order valence-corrected chi connectivity index (χ4v) is 4.90. The maximum Gasteiger partial charge on any atom is 0.191 e. The molecule has 0 aromatic carbocycles. The van der Waals surface area contributed by atoms with Gasteiger partial charge in [-0.25, -0.2) is 0 Å². The van der Waals surface area contributed by atoms with Gasteiger partial charge in [-0.3, -0.25) is 4.99 Å². The average molecular weight is 382 g/mol. The van der Waals surface area contributed by atoms with Crippen LogP contribution in [0.2, 0.25) is 0 Å². The lowest BCUT2D eigenvalue weighted by molar-refractivity contribution is -0.125. The molecule has 3 atom stereocenters. The van der Waals surface area contributed by atoms with Crippen molar-refractivity contribution in [3.05, 3.63) is 0 Å². The molecule has 0 amide bonds. The van der Waals surface area contributed by atoms with Gasteiger partial charge in [0.2, 0.25) is 0 Å². The van der Waals surface area contributed by atoms with E-state index in [2.05, 4.69) is 24.5 Å². The predicted octanol–water partition coefficient (Wildman–Crippen LogP) is 2.72. The molecule has 1 saturated heterocycles. The average Bonchev–Trinajstić information content (AvgIpc) is 3.36. The maximum absolute atomic E-state index is 6.03. The predicted molar refractivity (Wildman–Crippen MR) is 108 cm³/mol. The first-order valence-corrected chi connectivity index (χ1v) is 11.1. The molecule has 3 unspecified atom stereocenters. The van der Waals surface area contributed by atoms with Crippen molar-refractivity contribution in [2.24, 2.45) is 16.3 Å². The molecule has 3 rings (SSSR count). The molecule has 0 aromatic heterocycles. The summed E-state index contributed by atoms with van der Waals surface area (Å²) in [7, 11) is 0. The van der Waals surface area contributed by atoms with E-state index < -0.39 is 0 Å². The Morgan fingerprint density at radius 1 is 1.26 bits per heavy atom. The lowest BCUT2D eigenvalue weighted by Gasteiger charge is -2.54. The lowest BCUT2D eigenvalue weighted by atomic mass is 9.60. The second-order valence-corrected chi connectivity index (χ2v) is 8.24. The standard InChI is InChI=1S/C21H39N3O3/c1-3-22-20(23-11-7-12-25-15-17-8-13-26-16-17)24-18-14-19(27-4-2)21(18)9-5-6-10-21/h17-19H,3-16H2,1-2H3,(H2,22,23,24). The summed E-state index contributed by atoms with van der Waals surface area (Å²) in [5, 5.41) is 7.12. The number of nitrogens with one attached hydrogen (secondary N) is 2. The molecule has 2 saturated carbocycles. The van der Waals surface area contributed by atoms with E-state index >= 15 is 0 Å². The number of nitrogens with zero attached hydrogens (tertiary/aromatic N) is 1. The summed E-state index contributed by atoms with van der Waals surface area (Å²) < 4.78 is 17.2. The Morgan fingerprint density at radius 3 is 2.81 bits per heavy atom. The minimum atomic E-state index is 0.332. The van der Waals surface area contributed by atoms with Crippen LogP contribution in [0.25, 0.3) is 0 Å². The van der Waals surface area contributed by atoms with Crippen LogP contribution in [0.5, 0.6) is 0 Å². The Morgan fingerprint density at radius 2 is 2.11 bits per heavy atom. The molecule has 2 N–H and O–H groups in total. The minimum Gasteiger partial charge on any atom is -0.381 e. The Balaban J connectivity index is 1.40. The maximum atomic E-state index is 6.03. The molecule has 0 radical (unpaired) electrons. The van der Waals surface area contributed by atoms with Gasteiger partial charge in [-0.15, -0.1) is 0 Å². The van der Waals surface area contributed by atoms with E-state index in [0.29, 0.717) is 23.5 Å². The van der Waals surface area contributed by atoms with Crippen LogP contribution in [0.1, 0.15) is 58.8 Å². The fraction of sp³-hybridized carbons (Fsp3) is 0.952. The van der Waals surface area contributed by atoms with E-state index in [9.17, 15) is 0 Å². The Bertz CT molecular complexity index is 460. The van der Waals surface area contributed by atoms with Gasteiger partial charge < -0.3 is 24.8 Å². The van der Waals surface area contributed by atoms with E-state index in [0.717, 1.165) is 71.3 Å². The Kier molecular flexibility index (Phi) is 8.22. The van der Waals surface area contributed by atoms with E-state index in [1.807, 2.05) is 0 Å². The normalized spacial score (nSPS) is 29.9. The topological polar surface area (TPSA) is 64.1 Å². The monoisotopic (exact) mass is 381 g/mol. The second-order valence-electron chi connectivity index (χ2n) is 8.24. The third-order valence-corrected chi connectivity index (χ3v) is 6.44. The summed E-state index contributed by atoms with van der Waals surface area (Å²) in [6, 6.07) is 0.493. The van der Waals surface area contributed by atoms with Crippen molar-refractivity contribution < 1.29 is 14.2 Å². The molecule has 1 aliphatic heterocycles. The quantitative estimate of drug-likeness (QED) is 0.346. The van der Waals surface area contributed by atoms with Crippen LogP contribution < -0.4 is 10.6 Å². The number of aliphatic imine (C=N–C) groups is 1. The molecule has 3 fully saturated rings. The van der Waals surface area contributed by atoms with Gasteiger partial charge in [0, 0.05) is 50.3 Å². The summed E-state index contributed by atoms with van der Waals surface area (Å²) >= 11 is 0. The molecule has 156 valence electrons. The van der Waals surface area contributed by atoms with Crippen LogP contribution >= 0.6 is 0 Å². The van der Waals surface area contributed by atoms with Crippen LogP contribution in [0.15, 0.2) is 4.99 Å². The Hall–Kier alpha value is -0.850. The molecule has 2 aliphatic carbocycles. The van der Waals surface area contributed by atoms with E-state index in [1.54, 1.807) is 0 Å². The fourth-order valence-electron chi connectivity index (χ4n) is 4.90. The van der Waals surface area contributed by atoms with Crippen molar-refractivity contribution in [1.29, 1.82) is 0 Å². The molecular weight excluding hydrogens is 342 g/mol. The zero-order valence-electron chi connectivity index (χ0n) is 17.3. The highest BCUT2D eigenvalue weighted by Crippen LogP contribution is 2.54. The summed E-state index contributed by atoms with van der Waals surface area (Å²) in [4.78, 5) is 4.78. The molecule has 6 heteroatoms. The van der Waals surface area contributed by atoms with Gasteiger partial charge in [0.1, 0.15) is 0 Å². The van der Waals surface area contributed by atoms with Crippen LogP contribution in [-0.4, -0.2) is 64.2 Å². The number of ether oxygens (including phenoxy) is 3. The third kappa shape index (κ3) is 5.36. The van der Waals surface area contributed by atoms with Crippen molar-refractivity contribution in [2.45, 2.75) is 70.9 Å². The highest BCUT2D eigenvalue weighted by atomic mass is 16.5. The molecule has 3 aliphatic rings. The highest BCUT2D eigenvalue weighted by molar-refractivity contribution is 5.80. The van der Waals surface area contributed by atoms with E-state index in [1.165, 1.54) is 25.7 Å².